The topological polar surface area (TPSA) is 77.0 Å². The van der Waals surface area contributed by atoms with Crippen LogP contribution in [-0.2, 0) is 0 Å². The van der Waals surface area contributed by atoms with Gasteiger partial charge in [0.05, 0.1) is 18.9 Å². The first-order valence-corrected chi connectivity index (χ1v) is 9.88. The first-order chi connectivity index (χ1) is 14.5. The zero-order valence-electron chi connectivity index (χ0n) is 15.8. The molecule has 152 valence electrons. The molecule has 0 aromatic heterocycles. The molecule has 0 spiro atoms. The Labute approximate surface area is 186 Å². The molecule has 0 saturated heterocycles. The molecule has 3 aromatic carbocycles. The Kier molecular flexibility index (Phi) is 7.21. The maximum absolute atomic E-state index is 12.4. The summed E-state index contributed by atoms with van der Waals surface area (Å²) in [5, 5.41) is 4.37. The lowest BCUT2D eigenvalue weighted by molar-refractivity contribution is 0.0734. The summed E-state index contributed by atoms with van der Waals surface area (Å²) in [5.41, 5.74) is 3.67. The van der Waals surface area contributed by atoms with E-state index >= 15 is 0 Å². The van der Waals surface area contributed by atoms with Crippen molar-refractivity contribution in [3.05, 3.63) is 92.9 Å². The summed E-state index contributed by atoms with van der Waals surface area (Å²) in [6, 6.07) is 18.1. The quantitative estimate of drug-likeness (QED) is 0.227. The fraction of sp³-hybridized carbons (Fsp3) is 0.0455. The largest absolute Gasteiger partial charge is 0.497 e. The molecule has 0 unspecified atom stereocenters. The Morgan fingerprint density at radius 3 is 2.33 bits per heavy atom. The number of nitrogens with one attached hydrogen (secondary N) is 1. The lowest BCUT2D eigenvalue weighted by atomic mass is 10.2. The number of carbonyl (C=O) groups is 2. The van der Waals surface area contributed by atoms with Crippen molar-refractivity contribution < 1.29 is 19.1 Å². The second kappa shape index (κ2) is 10.0. The molecule has 0 atom stereocenters. The zero-order valence-corrected chi connectivity index (χ0v) is 18.1. The SMILES string of the molecule is COc1ccc(C(=O)Oc2ccc(Cl)cc2/C=N/NC(=O)c2ccc(Br)cc2)cc1. The summed E-state index contributed by atoms with van der Waals surface area (Å²) in [5.74, 6) is -0.0414. The predicted octanol–water partition coefficient (Wildman–Crippen LogP) is 5.09. The third-order valence-electron chi connectivity index (χ3n) is 3.98. The van der Waals surface area contributed by atoms with Crippen LogP contribution in [0.4, 0.5) is 0 Å². The van der Waals surface area contributed by atoms with E-state index in [0.29, 0.717) is 27.5 Å². The third kappa shape index (κ3) is 5.68. The highest BCUT2D eigenvalue weighted by Gasteiger charge is 2.12. The summed E-state index contributed by atoms with van der Waals surface area (Å²) in [6.45, 7) is 0. The van der Waals surface area contributed by atoms with Crippen molar-refractivity contribution in [1.82, 2.24) is 5.43 Å². The summed E-state index contributed by atoms with van der Waals surface area (Å²) >= 11 is 9.36. The number of amides is 1. The van der Waals surface area contributed by atoms with E-state index in [1.165, 1.54) is 6.21 Å². The van der Waals surface area contributed by atoms with Gasteiger partial charge in [-0.3, -0.25) is 4.79 Å². The predicted molar refractivity (Wildman–Crippen MR) is 119 cm³/mol. The van der Waals surface area contributed by atoms with Crippen LogP contribution >= 0.6 is 27.5 Å². The number of rotatable bonds is 6. The minimum atomic E-state index is -0.548. The molecule has 0 fully saturated rings. The molecule has 0 aliphatic heterocycles. The van der Waals surface area contributed by atoms with Crippen LogP contribution in [-0.4, -0.2) is 25.2 Å². The maximum atomic E-state index is 12.4. The molecule has 6 nitrogen and oxygen atoms in total. The summed E-state index contributed by atoms with van der Waals surface area (Å²) in [7, 11) is 1.54. The molecule has 30 heavy (non-hydrogen) atoms. The van der Waals surface area contributed by atoms with Crippen molar-refractivity contribution in [3.8, 4) is 11.5 Å². The molecule has 0 heterocycles. The van der Waals surface area contributed by atoms with E-state index in [2.05, 4.69) is 26.5 Å². The second-order valence-corrected chi connectivity index (χ2v) is 7.36. The van der Waals surface area contributed by atoms with Gasteiger partial charge in [-0.25, -0.2) is 10.2 Å². The number of carbonyl (C=O) groups excluding carboxylic acids is 2. The van der Waals surface area contributed by atoms with Crippen LogP contribution in [0.1, 0.15) is 26.3 Å². The molecule has 1 amide bonds. The fourth-order valence-electron chi connectivity index (χ4n) is 2.43. The molecule has 3 aromatic rings. The van der Waals surface area contributed by atoms with E-state index in [9.17, 15) is 9.59 Å². The number of hydrogen-bond acceptors (Lipinski definition) is 5. The van der Waals surface area contributed by atoms with Crippen molar-refractivity contribution >= 4 is 45.6 Å². The van der Waals surface area contributed by atoms with Crippen molar-refractivity contribution in [1.29, 1.82) is 0 Å². The number of methoxy groups -OCH3 is 1. The number of ether oxygens (including phenoxy) is 2. The van der Waals surface area contributed by atoms with Gasteiger partial charge in [-0.05, 0) is 66.7 Å². The molecule has 3 rings (SSSR count). The van der Waals surface area contributed by atoms with Crippen LogP contribution in [0.25, 0.3) is 0 Å². The van der Waals surface area contributed by atoms with Gasteiger partial charge in [0.15, 0.2) is 0 Å². The maximum Gasteiger partial charge on any atom is 0.343 e. The standard InChI is InChI=1S/C22H16BrClN2O4/c1-29-19-9-4-15(5-10-19)22(28)30-20-11-8-18(24)12-16(20)13-25-26-21(27)14-2-6-17(23)7-3-14/h2-13H,1H3,(H,26,27)/b25-13+. The summed E-state index contributed by atoms with van der Waals surface area (Å²) in [6.07, 6.45) is 1.36. The summed E-state index contributed by atoms with van der Waals surface area (Å²) in [4.78, 5) is 24.6. The monoisotopic (exact) mass is 486 g/mol. The highest BCUT2D eigenvalue weighted by Crippen LogP contribution is 2.23. The first kappa shape index (κ1) is 21.5. The van der Waals surface area contributed by atoms with Gasteiger partial charge in [-0.1, -0.05) is 27.5 Å². The van der Waals surface area contributed by atoms with E-state index in [1.807, 2.05) is 0 Å². The van der Waals surface area contributed by atoms with E-state index in [1.54, 1.807) is 73.8 Å². The van der Waals surface area contributed by atoms with Crippen LogP contribution < -0.4 is 14.9 Å². The zero-order chi connectivity index (χ0) is 21.5. The number of nitrogens with zero attached hydrogens (tertiary/aromatic N) is 1. The second-order valence-electron chi connectivity index (χ2n) is 6.01. The average molecular weight is 488 g/mol. The van der Waals surface area contributed by atoms with E-state index in [4.69, 9.17) is 21.1 Å². The Hall–Kier alpha value is -3.16. The lowest BCUT2D eigenvalue weighted by Crippen LogP contribution is -2.17. The summed E-state index contributed by atoms with van der Waals surface area (Å²) < 4.78 is 11.4. The number of esters is 1. The van der Waals surface area contributed by atoms with Gasteiger partial charge >= 0.3 is 5.97 Å². The molecule has 0 radical (unpaired) electrons. The molecule has 0 saturated carbocycles. The Balaban J connectivity index is 1.72. The molecular formula is C22H16BrClN2O4. The fourth-order valence-corrected chi connectivity index (χ4v) is 2.87. The normalized spacial score (nSPS) is 10.6. The number of halogens is 2. The Morgan fingerprint density at radius 2 is 1.67 bits per heavy atom. The van der Waals surface area contributed by atoms with Gasteiger partial charge in [-0.15, -0.1) is 0 Å². The first-order valence-electron chi connectivity index (χ1n) is 8.71. The molecule has 0 aliphatic carbocycles. The van der Waals surface area contributed by atoms with Crippen LogP contribution in [0.5, 0.6) is 11.5 Å². The van der Waals surface area contributed by atoms with Gasteiger partial charge in [-0.2, -0.15) is 5.10 Å². The van der Waals surface area contributed by atoms with Crippen LogP contribution in [0.2, 0.25) is 5.02 Å². The highest BCUT2D eigenvalue weighted by molar-refractivity contribution is 9.10. The highest BCUT2D eigenvalue weighted by atomic mass is 79.9. The third-order valence-corrected chi connectivity index (χ3v) is 4.74. The van der Waals surface area contributed by atoms with E-state index < -0.39 is 5.97 Å². The van der Waals surface area contributed by atoms with Crippen LogP contribution in [0.3, 0.4) is 0 Å². The average Bonchev–Trinajstić information content (AvgIpc) is 2.76. The minimum Gasteiger partial charge on any atom is -0.497 e. The molecule has 8 heteroatoms. The Bertz CT molecular complexity index is 1080. The Morgan fingerprint density at radius 1 is 1.00 bits per heavy atom. The lowest BCUT2D eigenvalue weighted by Gasteiger charge is -2.08. The van der Waals surface area contributed by atoms with Gasteiger partial charge < -0.3 is 9.47 Å². The van der Waals surface area contributed by atoms with Crippen molar-refractivity contribution in [3.63, 3.8) is 0 Å². The van der Waals surface area contributed by atoms with Gasteiger partial charge in [0, 0.05) is 20.6 Å². The van der Waals surface area contributed by atoms with Crippen LogP contribution in [0.15, 0.2) is 76.3 Å². The van der Waals surface area contributed by atoms with E-state index in [-0.39, 0.29) is 11.7 Å². The van der Waals surface area contributed by atoms with Crippen molar-refractivity contribution in [2.75, 3.05) is 7.11 Å². The minimum absolute atomic E-state index is 0.252. The molecule has 0 bridgehead atoms. The number of hydrazone groups is 1. The van der Waals surface area contributed by atoms with Crippen molar-refractivity contribution in [2.45, 2.75) is 0 Å². The molecule has 1 N–H and O–H groups in total. The van der Waals surface area contributed by atoms with E-state index in [0.717, 1.165) is 4.47 Å². The number of hydrogen-bond donors (Lipinski definition) is 1. The van der Waals surface area contributed by atoms with Crippen molar-refractivity contribution in [2.24, 2.45) is 5.10 Å². The van der Waals surface area contributed by atoms with Gasteiger partial charge in [0.2, 0.25) is 0 Å². The molecule has 0 aliphatic rings. The molecular weight excluding hydrogens is 472 g/mol. The number of benzene rings is 3. The van der Waals surface area contributed by atoms with Gasteiger partial charge in [0.1, 0.15) is 11.5 Å². The van der Waals surface area contributed by atoms with Crippen LogP contribution in [0, 0.1) is 0 Å². The smallest absolute Gasteiger partial charge is 0.343 e. The van der Waals surface area contributed by atoms with Gasteiger partial charge in [0.25, 0.3) is 5.91 Å².